The van der Waals surface area contributed by atoms with Crippen LogP contribution in [0.4, 0.5) is 0 Å². The van der Waals surface area contributed by atoms with Crippen LogP contribution in [0.25, 0.3) is 11.2 Å². The zero-order valence-electron chi connectivity index (χ0n) is 13.8. The lowest BCUT2D eigenvalue weighted by Gasteiger charge is -2.22. The Kier molecular flexibility index (Phi) is 5.05. The molecule has 0 saturated heterocycles. The van der Waals surface area contributed by atoms with E-state index >= 15 is 0 Å². The Labute approximate surface area is 143 Å². The van der Waals surface area contributed by atoms with E-state index in [2.05, 4.69) is 26.5 Å². The van der Waals surface area contributed by atoms with Crippen LogP contribution in [0, 0.1) is 5.92 Å². The Hall–Kier alpha value is -1.36. The molecule has 0 aromatic carbocycles. The molecule has 4 rings (SSSR count). The molecule has 2 fully saturated rings. The maximum Gasteiger partial charge on any atom is 0.176 e. The van der Waals surface area contributed by atoms with Gasteiger partial charge in [0.15, 0.2) is 11.1 Å². The van der Waals surface area contributed by atoms with Crippen LogP contribution in [-0.2, 0) is 6.54 Å². The summed E-state index contributed by atoms with van der Waals surface area (Å²) < 4.78 is 2.25. The summed E-state index contributed by atoms with van der Waals surface area (Å²) in [6, 6.07) is 0. The van der Waals surface area contributed by atoms with Crippen molar-refractivity contribution in [3.63, 3.8) is 0 Å². The van der Waals surface area contributed by atoms with Gasteiger partial charge in [0.2, 0.25) is 0 Å². The number of halogens is 1. The van der Waals surface area contributed by atoms with Crippen LogP contribution >= 0.6 is 12.4 Å². The maximum atomic E-state index is 4.89. The molecule has 0 atom stereocenters. The highest BCUT2D eigenvalue weighted by Gasteiger charge is 2.28. The molecular weight excluding hydrogens is 310 g/mol. The Balaban J connectivity index is 0.00000156. The summed E-state index contributed by atoms with van der Waals surface area (Å²) in [7, 11) is 0. The van der Waals surface area contributed by atoms with Crippen molar-refractivity contribution in [1.82, 2.24) is 19.5 Å². The van der Waals surface area contributed by atoms with Gasteiger partial charge in [-0.05, 0) is 38.5 Å². The predicted molar refractivity (Wildman–Crippen MR) is 93.8 cm³/mol. The van der Waals surface area contributed by atoms with Gasteiger partial charge < -0.3 is 9.55 Å². The Morgan fingerprint density at radius 3 is 2.70 bits per heavy atom. The first-order valence-corrected chi connectivity index (χ1v) is 8.80. The van der Waals surface area contributed by atoms with Crippen molar-refractivity contribution >= 4 is 23.6 Å². The van der Waals surface area contributed by atoms with Crippen molar-refractivity contribution in [3.05, 3.63) is 17.6 Å². The molecule has 0 bridgehead atoms. The highest BCUT2D eigenvalue weighted by Crippen LogP contribution is 2.38. The summed E-state index contributed by atoms with van der Waals surface area (Å²) in [6.07, 6.45) is 11.3. The van der Waals surface area contributed by atoms with Crippen LogP contribution in [0.1, 0.15) is 63.6 Å². The molecule has 2 aromatic heterocycles. The molecule has 2 aliphatic carbocycles. The fourth-order valence-electron chi connectivity index (χ4n) is 3.59. The van der Waals surface area contributed by atoms with E-state index in [0.29, 0.717) is 5.92 Å². The number of H-pyrrole nitrogens is 1. The number of hydrogen-bond donors (Lipinski definition) is 1. The van der Waals surface area contributed by atoms with Crippen molar-refractivity contribution in [1.29, 1.82) is 0 Å². The van der Waals surface area contributed by atoms with Gasteiger partial charge in [0.05, 0.1) is 6.33 Å². The highest BCUT2D eigenvalue weighted by atomic mass is 35.5. The van der Waals surface area contributed by atoms with Crippen LogP contribution in [0.5, 0.6) is 0 Å². The van der Waals surface area contributed by atoms with Crippen LogP contribution in [-0.4, -0.2) is 26.1 Å². The fourth-order valence-corrected chi connectivity index (χ4v) is 3.59. The van der Waals surface area contributed by atoms with Gasteiger partial charge in [-0.1, -0.05) is 19.3 Å². The van der Waals surface area contributed by atoms with Gasteiger partial charge in [-0.25, -0.2) is 9.97 Å². The van der Waals surface area contributed by atoms with Gasteiger partial charge in [0.1, 0.15) is 11.3 Å². The summed E-state index contributed by atoms with van der Waals surface area (Å²) >= 11 is 0. The van der Waals surface area contributed by atoms with E-state index in [-0.39, 0.29) is 12.4 Å². The van der Waals surface area contributed by atoms with Crippen LogP contribution < -0.4 is 5.49 Å². The molecule has 0 unspecified atom stereocenters. The summed E-state index contributed by atoms with van der Waals surface area (Å²) in [5.74, 6) is 2.54. The standard InChI is InChI=1S/C17H25N5.ClH/c1-2-18-16-14-17(21-15(20-14)13-8-9-13)22(11-19-16)10-12-6-4-3-5-7-12;/h11-13H,2-10H2,1H3,(H,20,21);1H. The van der Waals surface area contributed by atoms with E-state index in [1.165, 1.54) is 44.9 Å². The smallest absolute Gasteiger partial charge is 0.176 e. The summed E-state index contributed by atoms with van der Waals surface area (Å²) in [6.45, 7) is 3.85. The minimum Gasteiger partial charge on any atom is -0.337 e. The summed E-state index contributed by atoms with van der Waals surface area (Å²) in [4.78, 5) is 17.5. The molecule has 2 aromatic rings. The van der Waals surface area contributed by atoms with Crippen molar-refractivity contribution in [3.8, 4) is 0 Å². The van der Waals surface area contributed by atoms with Crippen LogP contribution in [0.2, 0.25) is 0 Å². The van der Waals surface area contributed by atoms with E-state index in [0.717, 1.165) is 41.5 Å². The quantitative estimate of drug-likeness (QED) is 0.928. The molecule has 6 heteroatoms. The van der Waals surface area contributed by atoms with Crippen molar-refractivity contribution in [2.45, 2.75) is 64.3 Å². The molecule has 23 heavy (non-hydrogen) atoms. The molecule has 0 amide bonds. The number of nitrogens with one attached hydrogen (secondary N) is 1. The SMILES string of the molecule is CCN=c1ncn(CC2CCCCC2)c2nc(C3CC3)[nH]c12.Cl. The zero-order valence-corrected chi connectivity index (χ0v) is 14.6. The zero-order chi connectivity index (χ0) is 14.9. The van der Waals surface area contributed by atoms with Crippen molar-refractivity contribution in [2.75, 3.05) is 6.54 Å². The minimum absolute atomic E-state index is 0. The molecule has 2 saturated carbocycles. The number of hydrogen-bond acceptors (Lipinski definition) is 3. The normalized spacial score (nSPS) is 20.0. The molecule has 0 radical (unpaired) electrons. The minimum atomic E-state index is 0. The van der Waals surface area contributed by atoms with Crippen LogP contribution in [0.15, 0.2) is 11.3 Å². The van der Waals surface area contributed by atoms with Gasteiger partial charge in [-0.2, -0.15) is 0 Å². The summed E-state index contributed by atoms with van der Waals surface area (Å²) in [5, 5.41) is 0. The van der Waals surface area contributed by atoms with Crippen molar-refractivity contribution in [2.24, 2.45) is 10.9 Å². The third-order valence-corrected chi connectivity index (χ3v) is 4.97. The van der Waals surface area contributed by atoms with Crippen molar-refractivity contribution < 1.29 is 0 Å². The van der Waals surface area contributed by atoms with E-state index in [1.54, 1.807) is 0 Å². The molecule has 0 aliphatic heterocycles. The number of aromatic amines is 1. The average Bonchev–Trinajstić information content (AvgIpc) is 3.29. The highest BCUT2D eigenvalue weighted by molar-refractivity contribution is 5.85. The van der Waals surface area contributed by atoms with Gasteiger partial charge >= 0.3 is 0 Å². The average molecular weight is 336 g/mol. The van der Waals surface area contributed by atoms with E-state index in [9.17, 15) is 0 Å². The topological polar surface area (TPSA) is 58.9 Å². The predicted octanol–water partition coefficient (Wildman–Crippen LogP) is 3.56. The molecular formula is C17H26ClN5. The molecule has 2 heterocycles. The third kappa shape index (κ3) is 3.44. The van der Waals surface area contributed by atoms with Gasteiger partial charge in [-0.3, -0.25) is 4.99 Å². The number of aromatic nitrogens is 4. The number of rotatable bonds is 4. The second kappa shape index (κ2) is 7.04. The molecule has 1 N–H and O–H groups in total. The first-order chi connectivity index (χ1) is 10.8. The number of nitrogens with zero attached hydrogens (tertiary/aromatic N) is 4. The number of fused-ring (bicyclic) bond motifs is 1. The third-order valence-electron chi connectivity index (χ3n) is 4.97. The second-order valence-corrected chi connectivity index (χ2v) is 6.79. The van der Waals surface area contributed by atoms with E-state index in [4.69, 9.17) is 4.98 Å². The Morgan fingerprint density at radius 1 is 1.22 bits per heavy atom. The lowest BCUT2D eigenvalue weighted by atomic mass is 9.89. The molecule has 5 nitrogen and oxygen atoms in total. The van der Waals surface area contributed by atoms with E-state index in [1.807, 2.05) is 6.33 Å². The van der Waals surface area contributed by atoms with Crippen LogP contribution in [0.3, 0.4) is 0 Å². The lowest BCUT2D eigenvalue weighted by molar-refractivity contribution is 0.320. The molecule has 0 spiro atoms. The lowest BCUT2D eigenvalue weighted by Crippen LogP contribution is -2.19. The maximum absolute atomic E-state index is 4.89. The number of imidazole rings is 1. The first kappa shape index (κ1) is 16.5. The van der Waals surface area contributed by atoms with Gasteiger partial charge in [-0.15, -0.1) is 12.4 Å². The van der Waals surface area contributed by atoms with Gasteiger partial charge in [0, 0.05) is 19.0 Å². The molecule has 2 aliphatic rings. The monoisotopic (exact) mass is 335 g/mol. The fraction of sp³-hybridized carbons (Fsp3) is 0.706. The van der Waals surface area contributed by atoms with Gasteiger partial charge in [0.25, 0.3) is 0 Å². The van der Waals surface area contributed by atoms with E-state index < -0.39 is 0 Å². The largest absolute Gasteiger partial charge is 0.337 e. The molecule has 126 valence electrons. The Bertz CT molecular complexity index is 722. The summed E-state index contributed by atoms with van der Waals surface area (Å²) in [5.41, 5.74) is 2.90. The Morgan fingerprint density at radius 2 is 2.00 bits per heavy atom. The second-order valence-electron chi connectivity index (χ2n) is 6.79. The first-order valence-electron chi connectivity index (χ1n) is 8.80.